The van der Waals surface area contributed by atoms with Crippen LogP contribution in [0.25, 0.3) is 0 Å². The minimum atomic E-state index is -1.19. The molecule has 0 saturated heterocycles. The molecule has 1 aliphatic rings. The van der Waals surface area contributed by atoms with E-state index in [1.807, 2.05) is 30.3 Å². The summed E-state index contributed by atoms with van der Waals surface area (Å²) in [6.07, 6.45) is 1.58. The highest BCUT2D eigenvalue weighted by Crippen LogP contribution is 2.39. The number of allylic oxidation sites excluding steroid dienone is 1. The van der Waals surface area contributed by atoms with Crippen LogP contribution in [0.1, 0.15) is 36.9 Å². The van der Waals surface area contributed by atoms with Crippen LogP contribution < -0.4 is 5.73 Å². The van der Waals surface area contributed by atoms with Gasteiger partial charge in [-0.25, -0.2) is 14.1 Å². The summed E-state index contributed by atoms with van der Waals surface area (Å²) < 4.78 is 15.8. The lowest BCUT2D eigenvalue weighted by Crippen LogP contribution is -2.07. The minimum Gasteiger partial charge on any atom is -0.404 e. The monoisotopic (exact) mass is 313 g/mol. The average Bonchev–Trinajstić information content (AvgIpc) is 3.09. The molecule has 0 radical (unpaired) electrons. The van der Waals surface area contributed by atoms with Crippen molar-refractivity contribution in [1.29, 1.82) is 0 Å². The van der Waals surface area contributed by atoms with Gasteiger partial charge in [0.1, 0.15) is 0 Å². The number of nitrogens with two attached hydrogens (primary N) is 1. The molecule has 0 bridgehead atoms. The number of nitrogens with zero attached hydrogens (tertiary/aromatic N) is 4. The number of fused-ring (bicyclic) bond motifs is 1. The van der Waals surface area contributed by atoms with Crippen LogP contribution in [0.2, 0.25) is 0 Å². The molecule has 1 aromatic heterocycles. The second-order valence-electron chi connectivity index (χ2n) is 5.28. The van der Waals surface area contributed by atoms with Crippen molar-refractivity contribution in [2.24, 2.45) is 10.7 Å². The molecule has 2 aromatic rings. The molecule has 1 aliphatic heterocycles. The summed E-state index contributed by atoms with van der Waals surface area (Å²) in [6, 6.07) is 9.38. The van der Waals surface area contributed by atoms with Crippen LogP contribution in [0.5, 0.6) is 0 Å². The fraction of sp³-hybridized carbons (Fsp3) is 0.250. The predicted octanol–water partition coefficient (Wildman–Crippen LogP) is 2.42. The zero-order valence-electron chi connectivity index (χ0n) is 12.6. The van der Waals surface area contributed by atoms with Crippen molar-refractivity contribution in [1.82, 2.24) is 14.8 Å². The Hall–Kier alpha value is -2.83. The van der Waals surface area contributed by atoms with Gasteiger partial charge in [0, 0.05) is 18.8 Å². The Balaban J connectivity index is 1.90. The Labute approximate surface area is 132 Å². The summed E-state index contributed by atoms with van der Waals surface area (Å²) in [5, 5.41) is 4.25. The zero-order valence-corrected chi connectivity index (χ0v) is 12.6. The normalized spacial score (nSPS) is 20.9. The van der Waals surface area contributed by atoms with Crippen molar-refractivity contribution in [2.45, 2.75) is 25.6 Å². The van der Waals surface area contributed by atoms with Crippen LogP contribution in [0.15, 0.2) is 47.1 Å². The standard InChI is InChI=1S/C16H16FN5O/c1-10(23)12(8-18)9-19-16-20-15-13(17)7-14(22(15)21-16)11-5-3-2-4-6-11/h2-6,8-9,13-14H,7,18H2,1H3. The number of alkyl halides is 1. The molecule has 3 rings (SSSR count). The zero-order chi connectivity index (χ0) is 16.4. The molecule has 23 heavy (non-hydrogen) atoms. The maximum absolute atomic E-state index is 14.2. The van der Waals surface area contributed by atoms with Gasteiger partial charge in [0.05, 0.1) is 11.6 Å². The highest BCUT2D eigenvalue weighted by molar-refractivity contribution is 6.12. The summed E-state index contributed by atoms with van der Waals surface area (Å²) in [5.41, 5.74) is 6.57. The molecule has 7 heteroatoms. The first-order valence-electron chi connectivity index (χ1n) is 7.22. The molecule has 2 unspecified atom stereocenters. The fourth-order valence-corrected chi connectivity index (χ4v) is 2.55. The minimum absolute atomic E-state index is 0.115. The lowest BCUT2D eigenvalue weighted by Gasteiger charge is -2.10. The molecule has 0 amide bonds. The lowest BCUT2D eigenvalue weighted by molar-refractivity contribution is -0.113. The maximum atomic E-state index is 14.2. The first kappa shape index (κ1) is 15.1. The Morgan fingerprint density at radius 1 is 1.43 bits per heavy atom. The average molecular weight is 313 g/mol. The van der Waals surface area contributed by atoms with Gasteiger partial charge in [-0.1, -0.05) is 30.3 Å². The van der Waals surface area contributed by atoms with E-state index < -0.39 is 6.17 Å². The van der Waals surface area contributed by atoms with Crippen LogP contribution in [0.4, 0.5) is 10.3 Å². The van der Waals surface area contributed by atoms with Gasteiger partial charge in [-0.15, -0.1) is 5.10 Å². The number of hydrogen-bond acceptors (Lipinski definition) is 5. The van der Waals surface area contributed by atoms with Crippen molar-refractivity contribution in [3.8, 4) is 0 Å². The number of carbonyl (C=O) groups excluding carboxylic acids is 1. The molecule has 0 spiro atoms. The van der Waals surface area contributed by atoms with E-state index in [0.717, 1.165) is 5.56 Å². The van der Waals surface area contributed by atoms with E-state index in [0.29, 0.717) is 6.42 Å². The number of ketones is 1. The number of halogens is 1. The van der Waals surface area contributed by atoms with E-state index in [1.165, 1.54) is 19.3 Å². The second kappa shape index (κ2) is 6.12. The number of aliphatic imine (C=N–C) groups is 1. The molecule has 2 N–H and O–H groups in total. The number of rotatable bonds is 4. The van der Waals surface area contributed by atoms with E-state index in [1.54, 1.807) is 4.68 Å². The van der Waals surface area contributed by atoms with Gasteiger partial charge in [-0.05, 0) is 12.5 Å². The van der Waals surface area contributed by atoms with E-state index in [2.05, 4.69) is 15.1 Å². The summed E-state index contributed by atoms with van der Waals surface area (Å²) in [6.45, 7) is 1.38. The highest BCUT2D eigenvalue weighted by atomic mass is 19.1. The van der Waals surface area contributed by atoms with E-state index in [9.17, 15) is 9.18 Å². The second-order valence-corrected chi connectivity index (χ2v) is 5.28. The SMILES string of the molecule is CC(=O)C(C=Nc1nc2n(n1)C(c1ccccc1)CC2F)=CN. The van der Waals surface area contributed by atoms with Gasteiger partial charge >= 0.3 is 0 Å². The lowest BCUT2D eigenvalue weighted by atomic mass is 10.0. The van der Waals surface area contributed by atoms with Gasteiger partial charge in [0.15, 0.2) is 17.8 Å². The molecule has 0 aliphatic carbocycles. The largest absolute Gasteiger partial charge is 0.404 e. The Bertz CT molecular complexity index is 781. The summed E-state index contributed by atoms with van der Waals surface area (Å²) >= 11 is 0. The van der Waals surface area contributed by atoms with Crippen molar-refractivity contribution in [3.05, 3.63) is 53.5 Å². The van der Waals surface area contributed by atoms with Crippen molar-refractivity contribution in [3.63, 3.8) is 0 Å². The van der Waals surface area contributed by atoms with Gasteiger partial charge in [0.2, 0.25) is 0 Å². The third-order valence-electron chi connectivity index (χ3n) is 3.74. The molecule has 2 heterocycles. The van der Waals surface area contributed by atoms with Gasteiger partial charge in [-0.2, -0.15) is 4.98 Å². The Morgan fingerprint density at radius 3 is 2.83 bits per heavy atom. The Morgan fingerprint density at radius 2 is 2.17 bits per heavy atom. The number of benzene rings is 1. The molecule has 0 saturated carbocycles. The maximum Gasteiger partial charge on any atom is 0.268 e. The van der Waals surface area contributed by atoms with Crippen LogP contribution in [-0.2, 0) is 4.79 Å². The molecule has 0 fully saturated rings. The number of Topliss-reactive ketones (excluding diaryl/α,β-unsaturated/α-hetero) is 1. The van der Waals surface area contributed by atoms with Crippen LogP contribution in [-0.4, -0.2) is 26.8 Å². The molecule has 2 atom stereocenters. The third-order valence-corrected chi connectivity index (χ3v) is 3.74. The predicted molar refractivity (Wildman–Crippen MR) is 84.2 cm³/mol. The van der Waals surface area contributed by atoms with E-state index >= 15 is 0 Å². The third kappa shape index (κ3) is 2.90. The number of carbonyl (C=O) groups is 1. The van der Waals surface area contributed by atoms with E-state index in [4.69, 9.17) is 5.73 Å². The van der Waals surface area contributed by atoms with Crippen molar-refractivity contribution in [2.75, 3.05) is 0 Å². The molecule has 6 nitrogen and oxygen atoms in total. The van der Waals surface area contributed by atoms with Gasteiger partial charge in [-0.3, -0.25) is 4.79 Å². The van der Waals surface area contributed by atoms with Crippen molar-refractivity contribution < 1.29 is 9.18 Å². The van der Waals surface area contributed by atoms with Crippen LogP contribution in [0.3, 0.4) is 0 Å². The number of aromatic nitrogens is 3. The van der Waals surface area contributed by atoms with E-state index in [-0.39, 0.29) is 29.2 Å². The highest BCUT2D eigenvalue weighted by Gasteiger charge is 2.35. The molecular weight excluding hydrogens is 297 g/mol. The molecular formula is C16H16FN5O. The van der Waals surface area contributed by atoms with Gasteiger partial charge in [0.25, 0.3) is 5.95 Å². The topological polar surface area (TPSA) is 86.2 Å². The summed E-state index contributed by atoms with van der Waals surface area (Å²) in [4.78, 5) is 19.4. The van der Waals surface area contributed by atoms with Crippen LogP contribution in [0, 0.1) is 0 Å². The van der Waals surface area contributed by atoms with Gasteiger partial charge < -0.3 is 5.73 Å². The first-order chi connectivity index (χ1) is 11.1. The number of hydrogen-bond donors (Lipinski definition) is 1. The summed E-state index contributed by atoms with van der Waals surface area (Å²) in [5.74, 6) is 0.157. The molecule has 1 aromatic carbocycles. The Kier molecular flexibility index (Phi) is 4.01. The van der Waals surface area contributed by atoms with Crippen molar-refractivity contribution >= 4 is 17.9 Å². The van der Waals surface area contributed by atoms with Crippen LogP contribution >= 0.6 is 0 Å². The smallest absolute Gasteiger partial charge is 0.268 e. The summed E-state index contributed by atoms with van der Waals surface area (Å²) in [7, 11) is 0. The quantitative estimate of drug-likeness (QED) is 0.693. The fourth-order valence-electron chi connectivity index (χ4n) is 2.55. The molecule has 118 valence electrons. The first-order valence-corrected chi connectivity index (χ1v) is 7.22.